The molecule has 1 N–H and O–H groups in total. The Hall–Kier alpha value is -1.09. The van der Waals surface area contributed by atoms with Crippen LogP contribution in [0.4, 0.5) is 0 Å². The number of hydrogen-bond donors (Lipinski definition) is 1. The molecule has 1 atom stereocenters. The number of nitrogens with zero attached hydrogens (tertiary/aromatic N) is 1. The van der Waals surface area contributed by atoms with Gasteiger partial charge in [-0.2, -0.15) is 0 Å². The topological polar surface area (TPSA) is 24.9 Å². The van der Waals surface area contributed by atoms with Gasteiger partial charge in [-0.3, -0.25) is 4.98 Å². The monoisotopic (exact) mass is 294 g/mol. The van der Waals surface area contributed by atoms with Gasteiger partial charge < -0.3 is 5.32 Å². The summed E-state index contributed by atoms with van der Waals surface area (Å²) in [5.74, 6) is 0. The predicted molar refractivity (Wildman–Crippen MR) is 80.8 cm³/mol. The van der Waals surface area contributed by atoms with Crippen LogP contribution in [-0.2, 0) is 6.42 Å². The SMILES string of the molecule is CCNC(Cc1ccncc1Cl)c1ccccc1Cl. The average Bonchev–Trinajstić information content (AvgIpc) is 2.41. The Bertz CT molecular complexity index is 543. The number of aromatic nitrogens is 1. The Kier molecular flexibility index (Phi) is 5.20. The van der Waals surface area contributed by atoms with Crippen LogP contribution in [0.5, 0.6) is 0 Å². The minimum Gasteiger partial charge on any atom is -0.310 e. The molecule has 0 bridgehead atoms. The summed E-state index contributed by atoms with van der Waals surface area (Å²) >= 11 is 12.4. The fourth-order valence-corrected chi connectivity index (χ4v) is 2.55. The smallest absolute Gasteiger partial charge is 0.0622 e. The predicted octanol–water partition coefficient (Wildman–Crippen LogP) is 4.28. The molecule has 1 unspecified atom stereocenters. The van der Waals surface area contributed by atoms with Crippen LogP contribution in [0.25, 0.3) is 0 Å². The second-order valence-corrected chi connectivity index (χ2v) is 5.12. The van der Waals surface area contributed by atoms with Crippen molar-refractivity contribution < 1.29 is 0 Å². The van der Waals surface area contributed by atoms with Crippen LogP contribution < -0.4 is 5.32 Å². The van der Waals surface area contributed by atoms with E-state index >= 15 is 0 Å². The van der Waals surface area contributed by atoms with Crippen molar-refractivity contribution in [2.24, 2.45) is 0 Å². The van der Waals surface area contributed by atoms with Gasteiger partial charge >= 0.3 is 0 Å². The zero-order chi connectivity index (χ0) is 13.7. The van der Waals surface area contributed by atoms with Gasteiger partial charge in [0.25, 0.3) is 0 Å². The summed E-state index contributed by atoms with van der Waals surface area (Å²) in [6.07, 6.45) is 4.22. The largest absolute Gasteiger partial charge is 0.310 e. The summed E-state index contributed by atoms with van der Waals surface area (Å²) in [5, 5.41) is 4.92. The van der Waals surface area contributed by atoms with Gasteiger partial charge in [0.15, 0.2) is 0 Å². The first kappa shape index (κ1) is 14.3. The number of hydrogen-bond acceptors (Lipinski definition) is 2. The molecule has 0 amide bonds. The Labute approximate surface area is 123 Å². The Morgan fingerprint density at radius 2 is 1.95 bits per heavy atom. The zero-order valence-electron chi connectivity index (χ0n) is 10.7. The lowest BCUT2D eigenvalue weighted by Gasteiger charge is -2.20. The molecular weight excluding hydrogens is 279 g/mol. The van der Waals surface area contributed by atoms with E-state index in [0.717, 1.165) is 29.1 Å². The van der Waals surface area contributed by atoms with E-state index in [4.69, 9.17) is 23.2 Å². The molecule has 1 aromatic carbocycles. The molecule has 0 aliphatic carbocycles. The standard InChI is InChI=1S/C15H16Cl2N2/c1-2-19-15(12-5-3-4-6-13(12)16)9-11-7-8-18-10-14(11)17/h3-8,10,15,19H,2,9H2,1H3. The molecule has 0 aliphatic rings. The van der Waals surface area contributed by atoms with E-state index in [1.54, 1.807) is 12.4 Å². The van der Waals surface area contributed by atoms with Crippen molar-refractivity contribution in [1.29, 1.82) is 0 Å². The first-order valence-corrected chi connectivity index (χ1v) is 7.04. The van der Waals surface area contributed by atoms with Crippen LogP contribution >= 0.6 is 23.2 Å². The van der Waals surface area contributed by atoms with E-state index in [1.807, 2.05) is 30.3 Å². The van der Waals surface area contributed by atoms with Gasteiger partial charge in [-0.15, -0.1) is 0 Å². The van der Waals surface area contributed by atoms with Crippen LogP contribution in [-0.4, -0.2) is 11.5 Å². The van der Waals surface area contributed by atoms with E-state index in [0.29, 0.717) is 5.02 Å². The van der Waals surface area contributed by atoms with Gasteiger partial charge in [0.1, 0.15) is 0 Å². The molecule has 2 aromatic rings. The lowest BCUT2D eigenvalue weighted by atomic mass is 9.99. The van der Waals surface area contributed by atoms with Gasteiger partial charge in [-0.05, 0) is 36.2 Å². The normalized spacial score (nSPS) is 12.4. The van der Waals surface area contributed by atoms with Crippen molar-refractivity contribution >= 4 is 23.2 Å². The molecule has 0 saturated heterocycles. The van der Waals surface area contributed by atoms with Crippen LogP contribution in [0.15, 0.2) is 42.7 Å². The Balaban J connectivity index is 2.27. The molecule has 1 heterocycles. The van der Waals surface area contributed by atoms with Crippen LogP contribution in [0, 0.1) is 0 Å². The van der Waals surface area contributed by atoms with Crippen molar-refractivity contribution in [1.82, 2.24) is 10.3 Å². The summed E-state index contributed by atoms with van der Waals surface area (Å²) in [6.45, 7) is 2.95. The second-order valence-electron chi connectivity index (χ2n) is 4.30. The third kappa shape index (κ3) is 3.69. The molecule has 1 aromatic heterocycles. The number of rotatable bonds is 5. The highest BCUT2D eigenvalue weighted by Crippen LogP contribution is 2.27. The Morgan fingerprint density at radius 3 is 2.63 bits per heavy atom. The molecule has 0 spiro atoms. The maximum absolute atomic E-state index is 6.28. The zero-order valence-corrected chi connectivity index (χ0v) is 12.2. The maximum Gasteiger partial charge on any atom is 0.0622 e. The number of halogens is 2. The second kappa shape index (κ2) is 6.90. The minimum atomic E-state index is 0.151. The number of benzene rings is 1. The van der Waals surface area contributed by atoms with Crippen LogP contribution in [0.3, 0.4) is 0 Å². The van der Waals surface area contributed by atoms with E-state index < -0.39 is 0 Å². The quantitative estimate of drug-likeness (QED) is 0.890. The summed E-state index contributed by atoms with van der Waals surface area (Å²) in [4.78, 5) is 4.01. The molecule has 0 radical (unpaired) electrons. The summed E-state index contributed by atoms with van der Waals surface area (Å²) in [7, 11) is 0. The number of likely N-dealkylation sites (N-methyl/N-ethyl adjacent to an activating group) is 1. The van der Waals surface area contributed by atoms with Gasteiger partial charge in [-0.1, -0.05) is 48.3 Å². The molecular formula is C15H16Cl2N2. The number of pyridine rings is 1. The van der Waals surface area contributed by atoms with Crippen molar-refractivity contribution in [3.63, 3.8) is 0 Å². The Morgan fingerprint density at radius 1 is 1.16 bits per heavy atom. The van der Waals surface area contributed by atoms with E-state index in [-0.39, 0.29) is 6.04 Å². The lowest BCUT2D eigenvalue weighted by molar-refractivity contribution is 0.550. The molecule has 0 saturated carbocycles. The van der Waals surface area contributed by atoms with E-state index in [9.17, 15) is 0 Å². The third-order valence-electron chi connectivity index (χ3n) is 3.01. The third-order valence-corrected chi connectivity index (χ3v) is 3.70. The van der Waals surface area contributed by atoms with Crippen LogP contribution in [0.1, 0.15) is 24.1 Å². The van der Waals surface area contributed by atoms with Gasteiger partial charge in [0.05, 0.1) is 5.02 Å². The van der Waals surface area contributed by atoms with Crippen molar-refractivity contribution in [3.05, 3.63) is 63.9 Å². The highest BCUT2D eigenvalue weighted by molar-refractivity contribution is 6.31. The summed E-state index contributed by atoms with van der Waals surface area (Å²) in [5.41, 5.74) is 2.17. The van der Waals surface area contributed by atoms with Gasteiger partial charge in [-0.25, -0.2) is 0 Å². The van der Waals surface area contributed by atoms with Gasteiger partial charge in [0, 0.05) is 23.5 Å². The molecule has 0 fully saturated rings. The first-order valence-electron chi connectivity index (χ1n) is 6.28. The minimum absolute atomic E-state index is 0.151. The fourth-order valence-electron chi connectivity index (χ4n) is 2.09. The average molecular weight is 295 g/mol. The molecule has 2 nitrogen and oxygen atoms in total. The molecule has 19 heavy (non-hydrogen) atoms. The van der Waals surface area contributed by atoms with Crippen molar-refractivity contribution in [2.75, 3.05) is 6.54 Å². The lowest BCUT2D eigenvalue weighted by Crippen LogP contribution is -2.23. The highest BCUT2D eigenvalue weighted by atomic mass is 35.5. The molecule has 4 heteroatoms. The molecule has 100 valence electrons. The van der Waals surface area contributed by atoms with Crippen molar-refractivity contribution in [3.8, 4) is 0 Å². The summed E-state index contributed by atoms with van der Waals surface area (Å²) in [6, 6.07) is 10.00. The van der Waals surface area contributed by atoms with Crippen molar-refractivity contribution in [2.45, 2.75) is 19.4 Å². The molecule has 0 aliphatic heterocycles. The maximum atomic E-state index is 6.28. The van der Waals surface area contributed by atoms with Gasteiger partial charge in [0.2, 0.25) is 0 Å². The number of nitrogens with one attached hydrogen (secondary N) is 1. The van der Waals surface area contributed by atoms with E-state index in [2.05, 4.69) is 17.2 Å². The summed E-state index contributed by atoms with van der Waals surface area (Å²) < 4.78 is 0. The fraction of sp³-hybridized carbons (Fsp3) is 0.267. The first-order chi connectivity index (χ1) is 9.22. The van der Waals surface area contributed by atoms with E-state index in [1.165, 1.54) is 0 Å². The molecule has 2 rings (SSSR count). The highest BCUT2D eigenvalue weighted by Gasteiger charge is 2.15. The van der Waals surface area contributed by atoms with Crippen LogP contribution in [0.2, 0.25) is 10.0 Å².